The van der Waals surface area contributed by atoms with Gasteiger partial charge in [0.1, 0.15) is 0 Å². The second-order valence-electron chi connectivity index (χ2n) is 5.44. The van der Waals surface area contributed by atoms with Crippen LogP contribution in [-0.2, 0) is 9.59 Å². The van der Waals surface area contributed by atoms with Gasteiger partial charge in [0.2, 0.25) is 11.8 Å². The van der Waals surface area contributed by atoms with Crippen molar-refractivity contribution in [2.45, 2.75) is 33.7 Å². The number of aryl methyl sites for hydroxylation is 1. The molecule has 0 fully saturated rings. The van der Waals surface area contributed by atoms with E-state index in [9.17, 15) is 9.59 Å². The highest BCUT2D eigenvalue weighted by Gasteiger charge is 2.13. The fourth-order valence-corrected chi connectivity index (χ4v) is 1.89. The van der Waals surface area contributed by atoms with Crippen LogP contribution in [0.15, 0.2) is 24.3 Å². The van der Waals surface area contributed by atoms with Crippen LogP contribution < -0.4 is 10.6 Å². The van der Waals surface area contributed by atoms with E-state index >= 15 is 0 Å². The second-order valence-corrected chi connectivity index (χ2v) is 5.44. The summed E-state index contributed by atoms with van der Waals surface area (Å²) in [4.78, 5) is 25.5. The molecular weight excluding hydrogens is 266 g/mol. The zero-order chi connectivity index (χ0) is 15.8. The van der Waals surface area contributed by atoms with Gasteiger partial charge < -0.3 is 10.6 Å². The van der Waals surface area contributed by atoms with Crippen molar-refractivity contribution in [2.75, 3.05) is 25.0 Å². The average Bonchev–Trinajstić information content (AvgIpc) is 2.39. The van der Waals surface area contributed by atoms with Gasteiger partial charge in [-0.2, -0.15) is 0 Å². The molecule has 0 unspecified atom stereocenters. The molecule has 2 N–H and O–H groups in total. The van der Waals surface area contributed by atoms with Crippen molar-refractivity contribution in [3.05, 3.63) is 29.8 Å². The van der Waals surface area contributed by atoms with Crippen LogP contribution in [0.5, 0.6) is 0 Å². The summed E-state index contributed by atoms with van der Waals surface area (Å²) in [5, 5.41) is 5.66. The first-order valence-electron chi connectivity index (χ1n) is 7.29. The van der Waals surface area contributed by atoms with Crippen molar-refractivity contribution in [3.63, 3.8) is 0 Å². The summed E-state index contributed by atoms with van der Waals surface area (Å²) in [6, 6.07) is 7.74. The molecule has 0 saturated heterocycles. The van der Waals surface area contributed by atoms with Gasteiger partial charge in [-0.15, -0.1) is 0 Å². The Kier molecular flexibility index (Phi) is 6.88. The summed E-state index contributed by atoms with van der Waals surface area (Å²) >= 11 is 0. The van der Waals surface area contributed by atoms with E-state index in [0.29, 0.717) is 6.54 Å². The van der Waals surface area contributed by atoms with Crippen LogP contribution in [0.4, 0.5) is 5.69 Å². The molecule has 0 aliphatic rings. The highest BCUT2D eigenvalue weighted by atomic mass is 16.2. The predicted octanol–water partition coefficient (Wildman–Crippen LogP) is 1.78. The van der Waals surface area contributed by atoms with E-state index in [1.165, 1.54) is 0 Å². The van der Waals surface area contributed by atoms with Gasteiger partial charge in [-0.3, -0.25) is 14.5 Å². The van der Waals surface area contributed by atoms with Crippen molar-refractivity contribution in [1.82, 2.24) is 10.2 Å². The van der Waals surface area contributed by atoms with Crippen LogP contribution in [0.1, 0.15) is 26.3 Å². The maximum atomic E-state index is 12.0. The smallest absolute Gasteiger partial charge is 0.238 e. The third kappa shape index (κ3) is 6.90. The molecule has 5 heteroatoms. The number of carbonyl (C=O) groups excluding carboxylic acids is 2. The monoisotopic (exact) mass is 291 g/mol. The van der Waals surface area contributed by atoms with Crippen molar-refractivity contribution >= 4 is 17.5 Å². The van der Waals surface area contributed by atoms with Gasteiger partial charge in [-0.25, -0.2) is 0 Å². The minimum absolute atomic E-state index is 0.0602. The molecule has 1 aromatic rings. The second kappa shape index (κ2) is 8.42. The Morgan fingerprint density at radius 3 is 2.19 bits per heavy atom. The predicted molar refractivity (Wildman–Crippen MR) is 85.2 cm³/mol. The van der Waals surface area contributed by atoms with E-state index < -0.39 is 0 Å². The maximum Gasteiger partial charge on any atom is 0.238 e. The standard InChI is InChI=1S/C16H25N3O2/c1-5-19(10-15(20)17-12(2)3)11-16(21)18-14-8-6-13(4)7-9-14/h6-9,12H,5,10-11H2,1-4H3,(H,17,20)(H,18,21). The molecule has 21 heavy (non-hydrogen) atoms. The van der Waals surface area contributed by atoms with Gasteiger partial charge in [0, 0.05) is 11.7 Å². The number of benzene rings is 1. The van der Waals surface area contributed by atoms with Crippen LogP contribution in [-0.4, -0.2) is 42.4 Å². The Balaban J connectivity index is 2.47. The fourth-order valence-electron chi connectivity index (χ4n) is 1.89. The molecule has 0 radical (unpaired) electrons. The SMILES string of the molecule is CCN(CC(=O)Nc1ccc(C)cc1)CC(=O)NC(C)C. The summed E-state index contributed by atoms with van der Waals surface area (Å²) in [6.07, 6.45) is 0. The molecule has 0 aliphatic heterocycles. The zero-order valence-electron chi connectivity index (χ0n) is 13.3. The largest absolute Gasteiger partial charge is 0.353 e. The van der Waals surface area contributed by atoms with Crippen molar-refractivity contribution < 1.29 is 9.59 Å². The first kappa shape index (κ1) is 17.2. The number of hydrogen-bond donors (Lipinski definition) is 2. The van der Waals surface area contributed by atoms with Crippen molar-refractivity contribution in [3.8, 4) is 0 Å². The topological polar surface area (TPSA) is 61.4 Å². The van der Waals surface area contributed by atoms with Crippen molar-refractivity contribution in [2.24, 2.45) is 0 Å². The van der Waals surface area contributed by atoms with E-state index in [1.54, 1.807) is 4.90 Å². The van der Waals surface area contributed by atoms with E-state index in [-0.39, 0.29) is 30.9 Å². The van der Waals surface area contributed by atoms with E-state index in [0.717, 1.165) is 11.3 Å². The Morgan fingerprint density at radius 1 is 1.10 bits per heavy atom. The number of carbonyl (C=O) groups is 2. The molecule has 0 aromatic heterocycles. The third-order valence-corrected chi connectivity index (χ3v) is 2.97. The number of likely N-dealkylation sites (N-methyl/N-ethyl adjacent to an activating group) is 1. The molecule has 0 saturated carbocycles. The molecule has 0 heterocycles. The lowest BCUT2D eigenvalue weighted by atomic mass is 10.2. The minimum Gasteiger partial charge on any atom is -0.353 e. The summed E-state index contributed by atoms with van der Waals surface area (Å²) in [6.45, 7) is 8.84. The number of nitrogens with one attached hydrogen (secondary N) is 2. The molecule has 0 bridgehead atoms. The molecular formula is C16H25N3O2. The van der Waals surface area contributed by atoms with E-state index in [2.05, 4.69) is 10.6 Å². The molecule has 1 aromatic carbocycles. The first-order chi connectivity index (χ1) is 9.90. The van der Waals surface area contributed by atoms with Crippen LogP contribution in [0.2, 0.25) is 0 Å². The highest BCUT2D eigenvalue weighted by molar-refractivity contribution is 5.92. The van der Waals surface area contributed by atoms with Gasteiger partial charge in [-0.05, 0) is 39.4 Å². The zero-order valence-corrected chi connectivity index (χ0v) is 13.3. The number of rotatable bonds is 7. The minimum atomic E-state index is -0.113. The van der Waals surface area contributed by atoms with Gasteiger partial charge in [0.25, 0.3) is 0 Å². The maximum absolute atomic E-state index is 12.0. The molecule has 0 aliphatic carbocycles. The van der Waals surface area contributed by atoms with E-state index in [1.807, 2.05) is 52.0 Å². The molecule has 1 rings (SSSR count). The Hall–Kier alpha value is -1.88. The number of nitrogens with zero attached hydrogens (tertiary/aromatic N) is 1. The lowest BCUT2D eigenvalue weighted by Crippen LogP contribution is -2.42. The molecule has 0 spiro atoms. The van der Waals surface area contributed by atoms with Gasteiger partial charge in [-0.1, -0.05) is 24.6 Å². The number of hydrogen-bond acceptors (Lipinski definition) is 3. The molecule has 116 valence electrons. The summed E-state index contributed by atoms with van der Waals surface area (Å²) in [5.41, 5.74) is 1.92. The van der Waals surface area contributed by atoms with Crippen LogP contribution in [0.25, 0.3) is 0 Å². The van der Waals surface area contributed by atoms with Crippen LogP contribution >= 0.6 is 0 Å². The number of amides is 2. The number of anilines is 1. The lowest BCUT2D eigenvalue weighted by Gasteiger charge is -2.20. The van der Waals surface area contributed by atoms with Gasteiger partial charge >= 0.3 is 0 Å². The third-order valence-electron chi connectivity index (χ3n) is 2.97. The molecule has 0 atom stereocenters. The molecule has 2 amide bonds. The Bertz CT molecular complexity index is 469. The first-order valence-corrected chi connectivity index (χ1v) is 7.29. The lowest BCUT2D eigenvalue weighted by molar-refractivity contribution is -0.123. The van der Waals surface area contributed by atoms with Crippen LogP contribution in [0.3, 0.4) is 0 Å². The van der Waals surface area contributed by atoms with Gasteiger partial charge in [0.05, 0.1) is 13.1 Å². The average molecular weight is 291 g/mol. The van der Waals surface area contributed by atoms with Gasteiger partial charge in [0.15, 0.2) is 0 Å². The summed E-state index contributed by atoms with van der Waals surface area (Å²) < 4.78 is 0. The summed E-state index contributed by atoms with van der Waals surface area (Å²) in [5.74, 6) is -0.173. The fraction of sp³-hybridized carbons (Fsp3) is 0.500. The normalized spacial score (nSPS) is 10.8. The summed E-state index contributed by atoms with van der Waals surface area (Å²) in [7, 11) is 0. The van der Waals surface area contributed by atoms with Crippen molar-refractivity contribution in [1.29, 1.82) is 0 Å². The Morgan fingerprint density at radius 2 is 1.67 bits per heavy atom. The quantitative estimate of drug-likeness (QED) is 0.805. The van der Waals surface area contributed by atoms with Crippen LogP contribution in [0, 0.1) is 6.92 Å². The van der Waals surface area contributed by atoms with E-state index in [4.69, 9.17) is 0 Å². The highest BCUT2D eigenvalue weighted by Crippen LogP contribution is 2.08. The Labute approximate surface area is 126 Å². The molecule has 5 nitrogen and oxygen atoms in total.